The van der Waals surface area contributed by atoms with Gasteiger partial charge in [-0.15, -0.1) is 15.6 Å². The number of amides is 2. The number of carboxylic acids is 1. The van der Waals surface area contributed by atoms with Gasteiger partial charge in [0.2, 0.25) is 0 Å². The fourth-order valence-electron chi connectivity index (χ4n) is 6.93. The molecule has 1 aromatic carbocycles. The molecule has 3 aliphatic carbocycles. The second-order valence-corrected chi connectivity index (χ2v) is 15.5. The predicted octanol–water partition coefficient (Wildman–Crippen LogP) is 0.110. The minimum absolute atomic E-state index is 0.0604. The summed E-state index contributed by atoms with van der Waals surface area (Å²) >= 11 is 0.967. The smallest absolute Gasteiger partial charge is 0.418 e. The summed E-state index contributed by atoms with van der Waals surface area (Å²) in [6.45, 7) is 4.64. The highest BCUT2D eigenvalue weighted by Crippen LogP contribution is 2.68. The number of hydrogen-bond acceptors (Lipinski definition) is 14. The summed E-state index contributed by atoms with van der Waals surface area (Å²) in [5.41, 5.74) is 15.5. The zero-order valence-corrected chi connectivity index (χ0v) is 28.3. The standard InChI is InChI=1S/C29H36N8O10S2/c1-26(2)20(23(39)37(26)47-49(42,43)44)34-22(38)19(16-9-48-25(32)33-16)36-46-27(3,24(40)41)18-7-5-14-8-15(4-6-17(14)45-18)21(31)35-29-10-28(11-29,12-29)13-30/h4,6,8-9,18,20H,5,7,10-13,30H2,1-3H3,(H2,31,35)(H2,32,33)(H,34,38)(H,40,41)(H,42,43,44)/b36-19-/t18-,20-,27?,28?,29?/m1/s1. The molecule has 7 rings (SSSR count). The highest BCUT2D eigenvalue weighted by molar-refractivity contribution is 7.80. The van der Waals surface area contributed by atoms with Crippen LogP contribution in [0.25, 0.3) is 0 Å². The molecule has 18 nitrogen and oxygen atoms in total. The molecular formula is C29H36N8O10S2. The van der Waals surface area contributed by atoms with Gasteiger partial charge in [0.25, 0.3) is 17.4 Å². The van der Waals surface area contributed by atoms with Gasteiger partial charge in [0.05, 0.1) is 11.1 Å². The molecule has 5 aliphatic rings. The zero-order valence-electron chi connectivity index (χ0n) is 26.7. The Balaban J connectivity index is 1.19. The van der Waals surface area contributed by atoms with Crippen molar-refractivity contribution in [2.75, 3.05) is 12.3 Å². The van der Waals surface area contributed by atoms with Crippen molar-refractivity contribution >= 4 is 56.2 Å². The number of carboxylic acid groups (broad SMARTS) is 1. The molecule has 20 heteroatoms. The van der Waals surface area contributed by atoms with Gasteiger partial charge in [0.15, 0.2) is 16.9 Å². The number of amidine groups is 1. The Morgan fingerprint density at radius 3 is 2.55 bits per heavy atom. The van der Waals surface area contributed by atoms with E-state index >= 15 is 0 Å². The third kappa shape index (κ3) is 6.07. The number of rotatable bonds is 12. The fourth-order valence-corrected chi connectivity index (χ4v) is 7.93. The van der Waals surface area contributed by atoms with Gasteiger partial charge in [-0.2, -0.15) is 13.5 Å². The van der Waals surface area contributed by atoms with Crippen molar-refractivity contribution in [3.63, 3.8) is 0 Å². The van der Waals surface area contributed by atoms with E-state index in [1.165, 1.54) is 26.2 Å². The first-order valence-corrected chi connectivity index (χ1v) is 17.4. The normalized spacial score (nSPS) is 28.5. The summed E-state index contributed by atoms with van der Waals surface area (Å²) in [5.74, 6) is -2.60. The van der Waals surface area contributed by atoms with Gasteiger partial charge in [-0.1, -0.05) is 5.16 Å². The van der Waals surface area contributed by atoms with E-state index in [9.17, 15) is 27.9 Å². The Hall–Kier alpha value is -4.37. The Morgan fingerprint density at radius 2 is 1.98 bits per heavy atom. The van der Waals surface area contributed by atoms with Crippen LogP contribution in [0, 0.1) is 5.41 Å². The topological polar surface area (TPSA) is 284 Å². The fraction of sp³-hybridized carbons (Fsp3) is 0.517. The van der Waals surface area contributed by atoms with E-state index in [-0.39, 0.29) is 28.2 Å². The Morgan fingerprint density at radius 1 is 1.29 bits per heavy atom. The molecule has 3 atom stereocenters. The lowest BCUT2D eigenvalue weighted by Gasteiger charge is -2.68. The molecule has 2 aliphatic heterocycles. The van der Waals surface area contributed by atoms with Gasteiger partial charge >= 0.3 is 16.4 Å². The first-order valence-electron chi connectivity index (χ1n) is 15.2. The van der Waals surface area contributed by atoms with Gasteiger partial charge in [-0.05, 0) is 88.6 Å². The molecular weight excluding hydrogens is 684 g/mol. The van der Waals surface area contributed by atoms with Crippen LogP contribution in [0.5, 0.6) is 5.75 Å². The Labute approximate surface area is 284 Å². The largest absolute Gasteiger partial charge is 0.485 e. The number of hydroxylamine groups is 2. The van der Waals surface area contributed by atoms with Gasteiger partial charge in [0, 0.05) is 10.9 Å². The van der Waals surface area contributed by atoms with Crippen LogP contribution in [0.2, 0.25) is 0 Å². The number of nitrogen functional groups attached to an aromatic ring is 1. The number of ether oxygens (including phenoxy) is 1. The number of nitrogens with one attached hydrogen (secondary N) is 1. The SMILES string of the molecule is CC(O/N=C(\C(=O)N[C@@H]1C(=O)N(OS(=O)(=O)O)C1(C)C)c1csc(N)n1)(C(=O)O)[C@H]1CCc2cc(C(N)=NC34CC(CN)(C3)C4)ccc2O1. The second kappa shape index (κ2) is 11.6. The van der Waals surface area contributed by atoms with E-state index in [2.05, 4.69) is 19.7 Å². The summed E-state index contributed by atoms with van der Waals surface area (Å²) in [7, 11) is -5.03. The molecule has 1 unspecified atom stereocenters. The number of β-lactam (4-membered cyclic amide) rings is 1. The van der Waals surface area contributed by atoms with Crippen LogP contribution in [0.3, 0.4) is 0 Å². The van der Waals surface area contributed by atoms with Crippen LogP contribution < -0.4 is 27.3 Å². The number of aromatic nitrogens is 1. The summed E-state index contributed by atoms with van der Waals surface area (Å²) in [6, 6.07) is 3.98. The van der Waals surface area contributed by atoms with Crippen molar-refractivity contribution < 1.29 is 46.3 Å². The van der Waals surface area contributed by atoms with Crippen molar-refractivity contribution in [1.82, 2.24) is 15.4 Å². The number of aliphatic imine (C=N–C) groups is 1. The second-order valence-electron chi connectivity index (χ2n) is 13.6. The number of carbonyl (C=O) groups excluding carboxylic acids is 2. The van der Waals surface area contributed by atoms with Crippen LogP contribution in [-0.2, 0) is 40.3 Å². The molecule has 4 fully saturated rings. The van der Waals surface area contributed by atoms with E-state index in [0.717, 1.165) is 41.7 Å². The molecule has 3 heterocycles. The molecule has 9 N–H and O–H groups in total. The first-order chi connectivity index (χ1) is 22.8. The average Bonchev–Trinajstić information content (AvgIpc) is 3.43. The number of fused-ring (bicyclic) bond motifs is 1. The van der Waals surface area contributed by atoms with Crippen molar-refractivity contribution in [3.8, 4) is 5.75 Å². The van der Waals surface area contributed by atoms with Crippen molar-refractivity contribution in [3.05, 3.63) is 40.4 Å². The molecule has 0 spiro atoms. The molecule has 0 radical (unpaired) electrons. The maximum absolute atomic E-state index is 13.5. The third-order valence-electron chi connectivity index (χ3n) is 9.67. The van der Waals surface area contributed by atoms with Crippen LogP contribution in [0.4, 0.5) is 5.13 Å². The maximum Gasteiger partial charge on any atom is 0.418 e. The first kappa shape index (κ1) is 34.5. The van der Waals surface area contributed by atoms with E-state index in [0.29, 0.717) is 29.6 Å². The van der Waals surface area contributed by atoms with Gasteiger partial charge in [-0.3, -0.25) is 19.1 Å². The average molecular weight is 721 g/mol. The lowest BCUT2D eigenvalue weighted by Crippen LogP contribution is -2.76. The van der Waals surface area contributed by atoms with Crippen LogP contribution in [0.1, 0.15) is 63.3 Å². The molecule has 49 heavy (non-hydrogen) atoms. The number of oxime groups is 1. The number of aryl methyl sites for hydroxylation is 1. The molecule has 2 amide bonds. The number of anilines is 1. The Kier molecular flexibility index (Phi) is 8.17. The minimum atomic E-state index is -5.03. The molecule has 2 aromatic rings. The summed E-state index contributed by atoms with van der Waals surface area (Å²) in [4.78, 5) is 53.1. The van der Waals surface area contributed by atoms with Crippen LogP contribution in [-0.4, -0.2) is 92.8 Å². The monoisotopic (exact) mass is 720 g/mol. The van der Waals surface area contributed by atoms with E-state index < -0.39 is 57.2 Å². The predicted molar refractivity (Wildman–Crippen MR) is 174 cm³/mol. The van der Waals surface area contributed by atoms with Gasteiger partial charge in [0.1, 0.15) is 23.3 Å². The van der Waals surface area contributed by atoms with Crippen molar-refractivity contribution in [1.29, 1.82) is 0 Å². The van der Waals surface area contributed by atoms with E-state index in [1.807, 2.05) is 6.07 Å². The molecule has 1 aromatic heterocycles. The quantitative estimate of drug-likeness (QED) is 0.0558. The maximum atomic E-state index is 13.5. The lowest BCUT2D eigenvalue weighted by molar-refractivity contribution is -0.218. The van der Waals surface area contributed by atoms with Crippen LogP contribution >= 0.6 is 11.3 Å². The molecule has 1 saturated heterocycles. The Bertz CT molecular complexity index is 1890. The number of thiazole rings is 1. The number of carbonyl (C=O) groups is 3. The number of hydrogen-bond donors (Lipinski definition) is 6. The molecule has 2 bridgehead atoms. The molecule has 3 saturated carbocycles. The highest BCUT2D eigenvalue weighted by Gasteiger charge is 2.67. The van der Waals surface area contributed by atoms with Crippen molar-refractivity contribution in [2.24, 2.45) is 27.0 Å². The lowest BCUT2D eigenvalue weighted by atomic mass is 9.39. The van der Waals surface area contributed by atoms with Crippen LogP contribution in [0.15, 0.2) is 33.7 Å². The molecule has 264 valence electrons. The number of nitrogens with zero attached hydrogens (tertiary/aromatic N) is 4. The summed E-state index contributed by atoms with van der Waals surface area (Å²) < 4.78 is 41.8. The zero-order chi connectivity index (χ0) is 35.7. The summed E-state index contributed by atoms with van der Waals surface area (Å²) in [6.07, 6.45) is 2.36. The van der Waals surface area contributed by atoms with Crippen molar-refractivity contribution in [2.45, 2.75) is 81.7 Å². The van der Waals surface area contributed by atoms with Gasteiger partial charge in [-0.25, -0.2) is 9.78 Å². The summed E-state index contributed by atoms with van der Waals surface area (Å²) in [5, 5.41) is 18.4. The highest BCUT2D eigenvalue weighted by atomic mass is 32.3. The number of aliphatic carboxylic acids is 1. The number of benzene rings is 1. The third-order valence-corrected chi connectivity index (χ3v) is 10.7. The number of nitrogens with two attached hydrogens (primary N) is 3. The van der Waals surface area contributed by atoms with E-state index in [4.69, 9.17) is 36.3 Å². The minimum Gasteiger partial charge on any atom is -0.485 e. The van der Waals surface area contributed by atoms with E-state index in [1.54, 1.807) is 12.1 Å². The van der Waals surface area contributed by atoms with Gasteiger partial charge < -0.3 is 37.2 Å².